The fourth-order valence-electron chi connectivity index (χ4n) is 2.53. The number of aliphatic imine (C=N–C) groups is 1. The Morgan fingerprint density at radius 1 is 1.15 bits per heavy atom. The molecule has 0 unspecified atom stereocenters. The summed E-state index contributed by atoms with van der Waals surface area (Å²) in [6, 6.07) is 7.95. The maximum atomic E-state index is 11.9. The second kappa shape index (κ2) is 11.0. The van der Waals surface area contributed by atoms with Gasteiger partial charge in [0.1, 0.15) is 0 Å². The molecule has 0 atom stereocenters. The van der Waals surface area contributed by atoms with Crippen LogP contribution in [0.2, 0.25) is 5.02 Å². The zero-order valence-electron chi connectivity index (χ0n) is 16.6. The van der Waals surface area contributed by atoms with Crippen LogP contribution < -0.4 is 16.0 Å². The standard InChI is InChI=1S/C19H31ClN4O.HI/c1-18(2,11-14-8-7-9-15(20)10-14)12-23-17(22-6)24-13-19(3,4)16(25)21-5;/h7-10H,11-13H2,1-6H3,(H,21,25)(H2,22,23,24);1H. The Bertz CT molecular complexity index is 617. The van der Waals surface area contributed by atoms with Crippen LogP contribution in [0.1, 0.15) is 33.3 Å². The monoisotopic (exact) mass is 494 g/mol. The number of halogens is 2. The molecule has 0 aromatic heterocycles. The van der Waals surface area contributed by atoms with Crippen LogP contribution in [-0.2, 0) is 11.2 Å². The molecule has 3 N–H and O–H groups in total. The van der Waals surface area contributed by atoms with E-state index in [1.165, 1.54) is 5.56 Å². The predicted molar refractivity (Wildman–Crippen MR) is 122 cm³/mol. The van der Waals surface area contributed by atoms with E-state index in [4.69, 9.17) is 11.6 Å². The van der Waals surface area contributed by atoms with Crippen molar-refractivity contribution >= 4 is 47.4 Å². The molecule has 0 radical (unpaired) electrons. The minimum atomic E-state index is -0.511. The van der Waals surface area contributed by atoms with Gasteiger partial charge in [-0.05, 0) is 43.4 Å². The van der Waals surface area contributed by atoms with E-state index in [-0.39, 0.29) is 35.3 Å². The first-order chi connectivity index (χ1) is 11.6. The highest BCUT2D eigenvalue weighted by atomic mass is 127. The number of rotatable bonds is 7. The maximum absolute atomic E-state index is 11.9. The van der Waals surface area contributed by atoms with Crippen LogP contribution >= 0.6 is 35.6 Å². The van der Waals surface area contributed by atoms with Crippen molar-refractivity contribution in [3.63, 3.8) is 0 Å². The third kappa shape index (κ3) is 8.58. The van der Waals surface area contributed by atoms with Gasteiger partial charge in [0.05, 0.1) is 5.41 Å². The highest BCUT2D eigenvalue weighted by molar-refractivity contribution is 14.0. The molecule has 0 aliphatic heterocycles. The Hall–Kier alpha value is -1.02. The topological polar surface area (TPSA) is 65.5 Å². The van der Waals surface area contributed by atoms with Crippen molar-refractivity contribution < 1.29 is 4.79 Å². The molecular weight excluding hydrogens is 463 g/mol. The number of hydrogen-bond donors (Lipinski definition) is 3. The number of guanidine groups is 1. The van der Waals surface area contributed by atoms with Gasteiger partial charge in [-0.15, -0.1) is 24.0 Å². The third-order valence-electron chi connectivity index (χ3n) is 4.07. The van der Waals surface area contributed by atoms with E-state index in [1.54, 1.807) is 14.1 Å². The van der Waals surface area contributed by atoms with Crippen molar-refractivity contribution in [1.82, 2.24) is 16.0 Å². The summed E-state index contributed by atoms with van der Waals surface area (Å²) in [5, 5.41) is 10.0. The SMILES string of the molecule is CN=C(NCC(C)(C)Cc1cccc(Cl)c1)NCC(C)(C)C(=O)NC.I. The molecule has 0 aliphatic carbocycles. The minimum absolute atomic E-state index is 0. The fourth-order valence-corrected chi connectivity index (χ4v) is 2.74. The van der Waals surface area contributed by atoms with Gasteiger partial charge in [0.2, 0.25) is 5.91 Å². The number of amides is 1. The lowest BCUT2D eigenvalue weighted by molar-refractivity contribution is -0.128. The Kier molecular flexibility index (Phi) is 10.5. The lowest BCUT2D eigenvalue weighted by Crippen LogP contribution is -2.48. The Balaban J connectivity index is 0.00000625. The molecule has 1 aromatic carbocycles. The predicted octanol–water partition coefficient (Wildman–Crippen LogP) is 3.46. The molecule has 0 aliphatic rings. The largest absolute Gasteiger partial charge is 0.359 e. The number of carbonyl (C=O) groups is 1. The summed E-state index contributed by atoms with van der Waals surface area (Å²) >= 11 is 6.07. The van der Waals surface area contributed by atoms with Gasteiger partial charge in [-0.25, -0.2) is 0 Å². The van der Waals surface area contributed by atoms with Crippen LogP contribution in [0.15, 0.2) is 29.3 Å². The number of benzene rings is 1. The normalized spacial score (nSPS) is 12.2. The zero-order valence-corrected chi connectivity index (χ0v) is 19.7. The van der Waals surface area contributed by atoms with Gasteiger partial charge >= 0.3 is 0 Å². The second-order valence-electron chi connectivity index (χ2n) is 7.71. The molecule has 26 heavy (non-hydrogen) atoms. The second-order valence-corrected chi connectivity index (χ2v) is 8.15. The minimum Gasteiger partial charge on any atom is -0.359 e. The highest BCUT2D eigenvalue weighted by Gasteiger charge is 2.27. The van der Waals surface area contributed by atoms with E-state index in [0.29, 0.717) is 12.5 Å². The van der Waals surface area contributed by atoms with Crippen LogP contribution in [-0.4, -0.2) is 39.1 Å². The van der Waals surface area contributed by atoms with Crippen molar-refractivity contribution in [3.05, 3.63) is 34.9 Å². The first kappa shape index (κ1) is 25.0. The quantitative estimate of drug-likeness (QED) is 0.309. The van der Waals surface area contributed by atoms with Gasteiger partial charge in [-0.3, -0.25) is 9.79 Å². The highest BCUT2D eigenvalue weighted by Crippen LogP contribution is 2.22. The molecule has 0 spiro atoms. The van der Waals surface area contributed by atoms with Crippen LogP contribution in [0.4, 0.5) is 0 Å². The van der Waals surface area contributed by atoms with Gasteiger partial charge in [0, 0.05) is 32.2 Å². The molecule has 0 heterocycles. The molecule has 148 valence electrons. The molecule has 1 amide bonds. The van der Waals surface area contributed by atoms with Gasteiger partial charge in [-0.2, -0.15) is 0 Å². The lowest BCUT2D eigenvalue weighted by atomic mass is 9.86. The molecule has 0 saturated heterocycles. The van der Waals surface area contributed by atoms with Crippen molar-refractivity contribution in [3.8, 4) is 0 Å². The van der Waals surface area contributed by atoms with Crippen LogP contribution in [0.3, 0.4) is 0 Å². The molecule has 0 fully saturated rings. The summed E-state index contributed by atoms with van der Waals surface area (Å²) in [6.07, 6.45) is 0.904. The van der Waals surface area contributed by atoms with Crippen LogP contribution in [0.5, 0.6) is 0 Å². The Labute approximate surface area is 179 Å². The van der Waals surface area contributed by atoms with Crippen LogP contribution in [0.25, 0.3) is 0 Å². The smallest absolute Gasteiger partial charge is 0.227 e. The average molecular weight is 495 g/mol. The van der Waals surface area contributed by atoms with Crippen LogP contribution in [0, 0.1) is 10.8 Å². The summed E-state index contributed by atoms with van der Waals surface area (Å²) in [7, 11) is 3.38. The third-order valence-corrected chi connectivity index (χ3v) is 4.30. The molecular formula is C19H32ClIN4O. The van der Waals surface area contributed by atoms with Crippen molar-refractivity contribution in [2.45, 2.75) is 34.1 Å². The van der Waals surface area contributed by atoms with Gasteiger partial charge < -0.3 is 16.0 Å². The summed E-state index contributed by atoms with van der Waals surface area (Å²) in [5.41, 5.74) is 0.726. The summed E-state index contributed by atoms with van der Waals surface area (Å²) < 4.78 is 0. The molecule has 0 saturated carbocycles. The van der Waals surface area contributed by atoms with E-state index >= 15 is 0 Å². The summed E-state index contributed by atoms with van der Waals surface area (Å²) in [5.74, 6) is 0.688. The lowest BCUT2D eigenvalue weighted by Gasteiger charge is -2.28. The summed E-state index contributed by atoms with van der Waals surface area (Å²) in [6.45, 7) is 9.44. The molecule has 0 bridgehead atoms. The zero-order chi connectivity index (χ0) is 19.1. The maximum Gasteiger partial charge on any atom is 0.227 e. The number of hydrogen-bond acceptors (Lipinski definition) is 2. The fraction of sp³-hybridized carbons (Fsp3) is 0.579. The van der Waals surface area contributed by atoms with E-state index in [0.717, 1.165) is 18.0 Å². The molecule has 5 nitrogen and oxygen atoms in total. The summed E-state index contributed by atoms with van der Waals surface area (Å²) in [4.78, 5) is 16.1. The van der Waals surface area contributed by atoms with E-state index in [1.807, 2.05) is 32.0 Å². The first-order valence-electron chi connectivity index (χ1n) is 8.51. The van der Waals surface area contributed by atoms with Crippen molar-refractivity contribution in [2.24, 2.45) is 15.8 Å². The Morgan fingerprint density at radius 2 is 1.77 bits per heavy atom. The van der Waals surface area contributed by atoms with Crippen molar-refractivity contribution in [1.29, 1.82) is 0 Å². The Morgan fingerprint density at radius 3 is 2.31 bits per heavy atom. The average Bonchev–Trinajstić information content (AvgIpc) is 2.53. The van der Waals surface area contributed by atoms with Gasteiger partial charge in [0.25, 0.3) is 0 Å². The van der Waals surface area contributed by atoms with E-state index < -0.39 is 5.41 Å². The van der Waals surface area contributed by atoms with Gasteiger partial charge in [-0.1, -0.05) is 37.6 Å². The van der Waals surface area contributed by atoms with Gasteiger partial charge in [0.15, 0.2) is 5.96 Å². The number of nitrogens with zero attached hydrogens (tertiary/aromatic N) is 1. The van der Waals surface area contributed by atoms with Crippen molar-refractivity contribution in [2.75, 3.05) is 27.2 Å². The van der Waals surface area contributed by atoms with E-state index in [2.05, 4.69) is 40.9 Å². The number of nitrogens with one attached hydrogen (secondary N) is 3. The van der Waals surface area contributed by atoms with E-state index in [9.17, 15) is 4.79 Å². The molecule has 1 rings (SSSR count). The first-order valence-corrected chi connectivity index (χ1v) is 8.88. The molecule has 1 aromatic rings. The molecule has 7 heteroatoms. The number of carbonyl (C=O) groups excluding carboxylic acids is 1.